The van der Waals surface area contributed by atoms with E-state index in [1.165, 1.54) is 0 Å². The molecule has 0 spiro atoms. The molecule has 1 aromatic heterocycles. The van der Waals surface area contributed by atoms with Crippen molar-refractivity contribution in [1.82, 2.24) is 4.98 Å². The molecule has 1 aromatic carbocycles. The van der Waals surface area contributed by atoms with Gasteiger partial charge >= 0.3 is 0 Å². The van der Waals surface area contributed by atoms with E-state index in [-0.39, 0.29) is 6.61 Å². The minimum absolute atomic E-state index is 0.214. The normalized spacial score (nSPS) is 13.8. The van der Waals surface area contributed by atoms with Gasteiger partial charge in [0.1, 0.15) is 11.8 Å². The second kappa shape index (κ2) is 5.25. The Kier molecular flexibility index (Phi) is 3.30. The summed E-state index contributed by atoms with van der Waals surface area (Å²) in [4.78, 5) is 4.14. The molecule has 1 N–H and O–H groups in total. The van der Waals surface area contributed by atoms with Crippen LogP contribution in [0.25, 0.3) is 0 Å². The van der Waals surface area contributed by atoms with Crippen LogP contribution in [0.1, 0.15) is 30.0 Å². The third-order valence-corrected chi connectivity index (χ3v) is 3.13. The maximum absolute atomic E-state index is 9.04. The van der Waals surface area contributed by atoms with Crippen LogP contribution in [0.4, 0.5) is 5.88 Å². The molecule has 0 unspecified atom stereocenters. The Morgan fingerprint density at radius 2 is 2.25 bits per heavy atom. The van der Waals surface area contributed by atoms with Crippen LogP contribution >= 0.6 is 0 Å². The van der Waals surface area contributed by atoms with Gasteiger partial charge in [0, 0.05) is 6.04 Å². The predicted octanol–water partition coefficient (Wildman–Crippen LogP) is 3.01. The van der Waals surface area contributed by atoms with E-state index in [4.69, 9.17) is 14.4 Å². The molecule has 5 nitrogen and oxygen atoms in total. The van der Waals surface area contributed by atoms with E-state index in [1.807, 2.05) is 37.3 Å². The summed E-state index contributed by atoms with van der Waals surface area (Å²) in [5.41, 5.74) is 1.34. The molecular formula is C15H15N3O2. The molecule has 102 valence electrons. The van der Waals surface area contributed by atoms with Crippen molar-refractivity contribution in [2.75, 3.05) is 5.32 Å². The van der Waals surface area contributed by atoms with E-state index in [2.05, 4.69) is 10.3 Å². The summed E-state index contributed by atoms with van der Waals surface area (Å²) < 4.78 is 11.2. The number of oxazole rings is 1. The van der Waals surface area contributed by atoms with Crippen LogP contribution in [-0.2, 0) is 6.61 Å². The van der Waals surface area contributed by atoms with E-state index in [9.17, 15) is 0 Å². The van der Waals surface area contributed by atoms with Gasteiger partial charge in [-0.2, -0.15) is 10.2 Å². The van der Waals surface area contributed by atoms with Crippen molar-refractivity contribution in [2.24, 2.45) is 0 Å². The molecule has 0 aliphatic heterocycles. The highest BCUT2D eigenvalue weighted by Gasteiger charge is 2.25. The topological polar surface area (TPSA) is 71.1 Å². The maximum atomic E-state index is 9.04. The van der Waals surface area contributed by atoms with Crippen LogP contribution in [0, 0.1) is 18.3 Å². The predicted molar refractivity (Wildman–Crippen MR) is 73.4 cm³/mol. The van der Waals surface area contributed by atoms with Crippen LogP contribution in [0.5, 0.6) is 5.75 Å². The third kappa shape index (κ3) is 2.75. The Morgan fingerprint density at radius 3 is 2.95 bits per heavy atom. The molecule has 1 saturated carbocycles. The lowest BCUT2D eigenvalue weighted by Gasteiger charge is -2.06. The summed E-state index contributed by atoms with van der Waals surface area (Å²) in [7, 11) is 0. The number of nitrogens with zero attached hydrogens (tertiary/aromatic N) is 2. The van der Waals surface area contributed by atoms with Gasteiger partial charge in [-0.25, -0.2) is 0 Å². The summed E-state index contributed by atoms with van der Waals surface area (Å²) in [5.74, 6) is 1.66. The van der Waals surface area contributed by atoms with Crippen molar-refractivity contribution >= 4 is 5.88 Å². The number of ether oxygens (including phenoxy) is 1. The first-order valence-corrected chi connectivity index (χ1v) is 6.61. The second-order valence-electron chi connectivity index (χ2n) is 4.87. The Balaban J connectivity index is 1.70. The van der Waals surface area contributed by atoms with Crippen LogP contribution in [-0.4, -0.2) is 11.0 Å². The second-order valence-corrected chi connectivity index (χ2v) is 4.87. The molecular weight excluding hydrogens is 254 g/mol. The minimum atomic E-state index is 0.214. The van der Waals surface area contributed by atoms with Crippen LogP contribution < -0.4 is 10.1 Å². The molecule has 20 heavy (non-hydrogen) atoms. The monoisotopic (exact) mass is 269 g/mol. The Bertz CT molecular complexity index is 653. The van der Waals surface area contributed by atoms with Crippen LogP contribution in [0.15, 0.2) is 28.7 Å². The number of hydrogen-bond donors (Lipinski definition) is 1. The van der Waals surface area contributed by atoms with Gasteiger partial charge in [-0.3, -0.25) is 0 Å². The first kappa shape index (κ1) is 12.5. The van der Waals surface area contributed by atoms with Crippen LogP contribution in [0.2, 0.25) is 0 Å². The number of nitriles is 1. The highest BCUT2D eigenvalue weighted by Crippen LogP contribution is 2.27. The third-order valence-electron chi connectivity index (χ3n) is 3.13. The largest absolute Gasteiger partial charge is 0.484 e. The zero-order valence-corrected chi connectivity index (χ0v) is 11.2. The average molecular weight is 269 g/mol. The minimum Gasteiger partial charge on any atom is -0.484 e. The first-order chi connectivity index (χ1) is 9.76. The average Bonchev–Trinajstić information content (AvgIpc) is 3.17. The number of anilines is 1. The number of nitrogens with one attached hydrogen (secondary N) is 1. The molecule has 1 aliphatic carbocycles. The van der Waals surface area contributed by atoms with Gasteiger partial charge < -0.3 is 14.5 Å². The summed E-state index contributed by atoms with van der Waals surface area (Å²) in [6.07, 6.45) is 2.22. The fourth-order valence-corrected chi connectivity index (χ4v) is 1.87. The van der Waals surface area contributed by atoms with Gasteiger partial charge in [0.25, 0.3) is 0 Å². The van der Waals surface area contributed by atoms with Crippen molar-refractivity contribution in [3.63, 3.8) is 0 Å². The molecule has 3 rings (SSSR count). The van der Waals surface area contributed by atoms with Gasteiger partial charge in [0.2, 0.25) is 17.5 Å². The molecule has 0 saturated heterocycles. The fraction of sp³-hybridized carbons (Fsp3) is 0.333. The zero-order chi connectivity index (χ0) is 13.9. The van der Waals surface area contributed by atoms with Gasteiger partial charge in [-0.1, -0.05) is 18.2 Å². The quantitative estimate of drug-likeness (QED) is 0.903. The van der Waals surface area contributed by atoms with E-state index in [0.29, 0.717) is 23.5 Å². The smallest absolute Gasteiger partial charge is 0.236 e. The highest BCUT2D eigenvalue weighted by molar-refractivity contribution is 5.46. The molecule has 5 heteroatoms. The van der Waals surface area contributed by atoms with E-state index >= 15 is 0 Å². The van der Waals surface area contributed by atoms with E-state index in [1.54, 1.807) is 0 Å². The van der Waals surface area contributed by atoms with Gasteiger partial charge in [-0.15, -0.1) is 0 Å². The number of aryl methyl sites for hydroxylation is 1. The molecule has 2 aromatic rings. The van der Waals surface area contributed by atoms with Crippen molar-refractivity contribution in [3.05, 3.63) is 41.4 Å². The van der Waals surface area contributed by atoms with Gasteiger partial charge in [-0.05, 0) is 31.4 Å². The zero-order valence-electron chi connectivity index (χ0n) is 11.2. The van der Waals surface area contributed by atoms with E-state index < -0.39 is 0 Å². The summed E-state index contributed by atoms with van der Waals surface area (Å²) in [5, 5.41) is 12.2. The summed E-state index contributed by atoms with van der Waals surface area (Å²) in [6.45, 7) is 2.19. The molecule has 1 heterocycles. The highest BCUT2D eigenvalue weighted by atomic mass is 16.5. The lowest BCUT2D eigenvalue weighted by atomic mass is 10.2. The van der Waals surface area contributed by atoms with Crippen molar-refractivity contribution in [2.45, 2.75) is 32.4 Å². The number of benzene rings is 1. The first-order valence-electron chi connectivity index (χ1n) is 6.61. The number of hydrogen-bond acceptors (Lipinski definition) is 5. The standard InChI is InChI=1S/C15H15N3O2/c1-10-4-2-3-5-13(10)19-9-14-18-12(8-16)15(20-14)17-11-6-7-11/h2-5,11,17H,6-7,9H2,1H3. The Morgan fingerprint density at radius 1 is 1.45 bits per heavy atom. The number of rotatable bonds is 5. The van der Waals surface area contributed by atoms with Crippen molar-refractivity contribution in [1.29, 1.82) is 5.26 Å². The lowest BCUT2D eigenvalue weighted by Crippen LogP contribution is -2.00. The lowest BCUT2D eigenvalue weighted by molar-refractivity contribution is 0.263. The van der Waals surface area contributed by atoms with Crippen molar-refractivity contribution in [3.8, 4) is 11.8 Å². The molecule has 0 radical (unpaired) electrons. The molecule has 0 atom stereocenters. The maximum Gasteiger partial charge on any atom is 0.236 e. The van der Waals surface area contributed by atoms with Gasteiger partial charge in [0.05, 0.1) is 0 Å². The molecule has 1 aliphatic rings. The van der Waals surface area contributed by atoms with Crippen LogP contribution in [0.3, 0.4) is 0 Å². The SMILES string of the molecule is Cc1ccccc1OCc1nc(C#N)c(NC2CC2)o1. The fourth-order valence-electron chi connectivity index (χ4n) is 1.87. The molecule has 1 fully saturated rings. The molecule has 0 amide bonds. The Hall–Kier alpha value is -2.48. The summed E-state index contributed by atoms with van der Waals surface area (Å²) in [6, 6.07) is 10.2. The van der Waals surface area contributed by atoms with E-state index in [0.717, 1.165) is 24.2 Å². The Labute approximate surface area is 117 Å². The number of para-hydroxylation sites is 1. The van der Waals surface area contributed by atoms with Crippen molar-refractivity contribution < 1.29 is 9.15 Å². The van der Waals surface area contributed by atoms with Gasteiger partial charge in [0.15, 0.2) is 6.61 Å². The summed E-state index contributed by atoms with van der Waals surface area (Å²) >= 11 is 0. The molecule has 0 bridgehead atoms. The number of aromatic nitrogens is 1.